The summed E-state index contributed by atoms with van der Waals surface area (Å²) in [6, 6.07) is 0.614. The van der Waals surface area contributed by atoms with Gasteiger partial charge in [-0.2, -0.15) is 0 Å². The molecule has 0 amide bonds. The molecule has 0 bridgehead atoms. The van der Waals surface area contributed by atoms with E-state index in [-0.39, 0.29) is 6.61 Å². The third-order valence-electron chi connectivity index (χ3n) is 14.2. The highest BCUT2D eigenvalue weighted by Gasteiger charge is 2.18. The first-order valence-electron chi connectivity index (χ1n) is 28.4. The molecule has 0 saturated heterocycles. The fourth-order valence-corrected chi connectivity index (χ4v) is 10.0. The van der Waals surface area contributed by atoms with Crippen LogP contribution >= 0.6 is 0 Å². The van der Waals surface area contributed by atoms with E-state index in [2.05, 4.69) is 48.6 Å². The van der Waals surface area contributed by atoms with Crippen LogP contribution in [0.4, 0.5) is 0 Å². The van der Waals surface area contributed by atoms with Gasteiger partial charge in [0.1, 0.15) is 25.0 Å². The highest BCUT2D eigenvalue weighted by Crippen LogP contribution is 2.28. The van der Waals surface area contributed by atoms with Crippen LogP contribution in [0.15, 0.2) is 18.7 Å². The monoisotopic (exact) mass is 842 g/mol. The third-order valence-corrected chi connectivity index (χ3v) is 14.2. The van der Waals surface area contributed by atoms with E-state index in [1.54, 1.807) is 0 Å². The van der Waals surface area contributed by atoms with Gasteiger partial charge in [0.25, 0.3) is 0 Å². The van der Waals surface area contributed by atoms with Gasteiger partial charge in [0.05, 0.1) is 6.61 Å². The summed E-state index contributed by atoms with van der Waals surface area (Å²) in [7, 11) is 0. The SMILES string of the molecule is CCCCCCCCCCCCCCCCCCC(CCCCCCCCCCCCCC)CCCCC(CCCCCCCCCCCCCC)n1cc[n+](CCO)c1. The van der Waals surface area contributed by atoms with Crippen molar-refractivity contribution in [3.63, 3.8) is 0 Å². The lowest BCUT2D eigenvalue weighted by Gasteiger charge is -2.18. The molecular weight excluding hydrogens is 729 g/mol. The minimum absolute atomic E-state index is 0.220. The topological polar surface area (TPSA) is 29.0 Å². The standard InChI is InChI=1S/C57H113N2O/c1-4-7-10-13-16-19-22-25-26-27-28-30-33-36-39-42-47-56(46-41-38-35-32-29-23-20-17-14-11-8-5-2)48-44-45-50-57(59-52-51-58(55-59)53-54-60)49-43-40-37-34-31-24-21-18-15-12-9-6-3/h51-52,55-57,60H,4-50,53-54H2,1-3H3/q+1. The summed E-state index contributed by atoms with van der Waals surface area (Å²) in [5, 5.41) is 9.54. The van der Waals surface area contributed by atoms with Crippen molar-refractivity contribution in [2.24, 2.45) is 5.92 Å². The number of hydrogen-bond donors (Lipinski definition) is 1. The Hall–Kier alpha value is -0.830. The fourth-order valence-electron chi connectivity index (χ4n) is 10.0. The molecule has 60 heavy (non-hydrogen) atoms. The molecule has 0 aliphatic heterocycles. The maximum atomic E-state index is 9.54. The molecule has 1 rings (SSSR count). The summed E-state index contributed by atoms with van der Waals surface area (Å²) in [6.07, 6.45) is 74.5. The third kappa shape index (κ3) is 38.8. The highest BCUT2D eigenvalue weighted by molar-refractivity contribution is 4.76. The van der Waals surface area contributed by atoms with Gasteiger partial charge in [-0.15, -0.1) is 0 Å². The normalized spacial score (nSPS) is 12.8. The van der Waals surface area contributed by atoms with E-state index in [0.29, 0.717) is 12.6 Å². The van der Waals surface area contributed by atoms with Gasteiger partial charge in [-0.3, -0.25) is 0 Å². The van der Waals surface area contributed by atoms with Crippen molar-refractivity contribution in [2.45, 2.75) is 335 Å². The zero-order valence-electron chi connectivity index (χ0n) is 41.9. The molecule has 0 aromatic carbocycles. The van der Waals surface area contributed by atoms with E-state index in [4.69, 9.17) is 0 Å². The van der Waals surface area contributed by atoms with Crippen molar-refractivity contribution in [3.8, 4) is 0 Å². The number of nitrogens with zero attached hydrogens (tertiary/aromatic N) is 2. The first-order chi connectivity index (χ1) is 29.7. The van der Waals surface area contributed by atoms with Gasteiger partial charge < -0.3 is 5.11 Å². The number of imidazole rings is 1. The Morgan fingerprint density at radius 1 is 0.350 bits per heavy atom. The van der Waals surface area contributed by atoms with Gasteiger partial charge in [0, 0.05) is 0 Å². The van der Waals surface area contributed by atoms with Gasteiger partial charge in [-0.1, -0.05) is 297 Å². The Bertz CT molecular complexity index is 927. The van der Waals surface area contributed by atoms with Crippen LogP contribution in [0.2, 0.25) is 0 Å². The molecule has 1 heterocycles. The van der Waals surface area contributed by atoms with E-state index in [9.17, 15) is 5.11 Å². The summed E-state index contributed by atoms with van der Waals surface area (Å²) >= 11 is 0. The minimum Gasteiger partial charge on any atom is -0.392 e. The molecule has 0 saturated carbocycles. The average molecular weight is 843 g/mol. The number of aromatic nitrogens is 2. The van der Waals surface area contributed by atoms with E-state index < -0.39 is 0 Å². The van der Waals surface area contributed by atoms with Crippen LogP contribution in [0, 0.1) is 5.92 Å². The molecule has 0 spiro atoms. The van der Waals surface area contributed by atoms with Crippen molar-refractivity contribution < 1.29 is 9.67 Å². The second kappa shape index (κ2) is 47.6. The zero-order chi connectivity index (χ0) is 43.1. The van der Waals surface area contributed by atoms with E-state index in [0.717, 1.165) is 5.92 Å². The predicted octanol–water partition coefficient (Wildman–Crippen LogP) is 19.3. The first kappa shape index (κ1) is 57.2. The van der Waals surface area contributed by atoms with Gasteiger partial charge in [-0.05, 0) is 31.6 Å². The molecule has 1 aromatic heterocycles. The number of aliphatic hydroxyl groups excluding tert-OH is 1. The largest absolute Gasteiger partial charge is 0.392 e. The van der Waals surface area contributed by atoms with Crippen LogP contribution in [0.1, 0.15) is 329 Å². The molecule has 0 fully saturated rings. The summed E-state index contributed by atoms with van der Waals surface area (Å²) in [5.41, 5.74) is 0. The lowest BCUT2D eigenvalue weighted by Crippen LogP contribution is -2.33. The van der Waals surface area contributed by atoms with Gasteiger partial charge in [-0.25, -0.2) is 9.13 Å². The maximum Gasteiger partial charge on any atom is 0.244 e. The quantitative estimate of drug-likeness (QED) is 0.0514. The summed E-state index contributed by atoms with van der Waals surface area (Å²) in [4.78, 5) is 0. The molecule has 3 nitrogen and oxygen atoms in total. The molecule has 3 heteroatoms. The minimum atomic E-state index is 0.220. The first-order valence-corrected chi connectivity index (χ1v) is 28.4. The second-order valence-electron chi connectivity index (χ2n) is 20.1. The summed E-state index contributed by atoms with van der Waals surface area (Å²) < 4.78 is 4.67. The Morgan fingerprint density at radius 3 is 0.900 bits per heavy atom. The van der Waals surface area contributed by atoms with Crippen LogP contribution < -0.4 is 4.57 Å². The molecule has 0 radical (unpaired) electrons. The van der Waals surface area contributed by atoms with Crippen LogP contribution in [0.25, 0.3) is 0 Å². The number of aliphatic hydroxyl groups is 1. The van der Waals surface area contributed by atoms with Crippen molar-refractivity contribution >= 4 is 0 Å². The maximum absolute atomic E-state index is 9.54. The van der Waals surface area contributed by atoms with E-state index in [1.165, 1.54) is 302 Å². The van der Waals surface area contributed by atoms with Crippen molar-refractivity contribution in [1.82, 2.24) is 4.57 Å². The number of rotatable bonds is 51. The Morgan fingerprint density at radius 2 is 0.600 bits per heavy atom. The summed E-state index contributed by atoms with van der Waals surface area (Å²) in [5.74, 6) is 0.952. The van der Waals surface area contributed by atoms with Gasteiger partial charge in [0.2, 0.25) is 6.33 Å². The van der Waals surface area contributed by atoms with Crippen LogP contribution in [-0.2, 0) is 6.54 Å². The molecule has 1 aromatic rings. The lowest BCUT2D eigenvalue weighted by molar-refractivity contribution is -0.697. The van der Waals surface area contributed by atoms with Crippen molar-refractivity contribution in [2.75, 3.05) is 6.61 Å². The smallest absolute Gasteiger partial charge is 0.244 e. The molecule has 0 aliphatic rings. The van der Waals surface area contributed by atoms with Crippen molar-refractivity contribution in [3.05, 3.63) is 18.7 Å². The number of unbranched alkanes of at least 4 members (excludes halogenated alkanes) is 38. The molecule has 2 atom stereocenters. The van der Waals surface area contributed by atoms with E-state index >= 15 is 0 Å². The van der Waals surface area contributed by atoms with Crippen LogP contribution in [0.3, 0.4) is 0 Å². The van der Waals surface area contributed by atoms with Crippen LogP contribution in [-0.4, -0.2) is 16.3 Å². The predicted molar refractivity (Wildman–Crippen MR) is 268 cm³/mol. The van der Waals surface area contributed by atoms with E-state index in [1.807, 2.05) is 0 Å². The fraction of sp³-hybridized carbons (Fsp3) is 0.947. The lowest BCUT2D eigenvalue weighted by atomic mass is 9.89. The van der Waals surface area contributed by atoms with Crippen LogP contribution in [0.5, 0.6) is 0 Å². The van der Waals surface area contributed by atoms with Crippen molar-refractivity contribution in [1.29, 1.82) is 0 Å². The average Bonchev–Trinajstić information content (AvgIpc) is 3.73. The molecular formula is C57H113N2O+. The Labute approximate surface area is 379 Å². The molecule has 1 N–H and O–H groups in total. The second-order valence-corrected chi connectivity index (χ2v) is 20.1. The molecule has 2 unspecified atom stereocenters. The Kier molecular flexibility index (Phi) is 45.4. The Balaban J connectivity index is 2.41. The number of hydrogen-bond acceptors (Lipinski definition) is 1. The molecule has 356 valence electrons. The van der Waals surface area contributed by atoms with Gasteiger partial charge >= 0.3 is 0 Å². The van der Waals surface area contributed by atoms with Gasteiger partial charge in [0.15, 0.2) is 0 Å². The zero-order valence-corrected chi connectivity index (χ0v) is 41.9. The molecule has 0 aliphatic carbocycles. The highest BCUT2D eigenvalue weighted by atomic mass is 16.3. The summed E-state index contributed by atoms with van der Waals surface area (Å²) in [6.45, 7) is 7.88.